The molecule has 0 saturated carbocycles. The van der Waals surface area contributed by atoms with Crippen LogP contribution in [0.5, 0.6) is 5.75 Å². The van der Waals surface area contributed by atoms with Crippen molar-refractivity contribution in [3.63, 3.8) is 0 Å². The highest BCUT2D eigenvalue weighted by Gasteiger charge is 2.20. The quantitative estimate of drug-likeness (QED) is 0.921. The monoisotopic (exact) mass is 305 g/mol. The lowest BCUT2D eigenvalue weighted by molar-refractivity contribution is 0.136. The Hall–Kier alpha value is -1.52. The van der Waals surface area contributed by atoms with Crippen LogP contribution in [0.25, 0.3) is 0 Å². The minimum atomic E-state index is 0.638. The maximum atomic E-state index is 5.87. The van der Waals surface area contributed by atoms with Gasteiger partial charge in [-0.2, -0.15) is 0 Å². The smallest absolute Gasteiger partial charge is 0.119 e. The fourth-order valence-corrected chi connectivity index (χ4v) is 2.79. The molecule has 4 nitrogen and oxygen atoms in total. The lowest BCUT2D eigenvalue weighted by Gasteiger charge is -2.31. The first-order valence-corrected chi connectivity index (χ1v) is 7.75. The van der Waals surface area contributed by atoms with Crippen molar-refractivity contribution >= 4 is 11.6 Å². The Labute approximate surface area is 130 Å². The summed E-state index contributed by atoms with van der Waals surface area (Å²) in [6.07, 6.45) is 6.00. The number of aromatic amines is 1. The number of rotatable bonds is 5. The van der Waals surface area contributed by atoms with E-state index in [0.29, 0.717) is 5.92 Å². The average molecular weight is 306 g/mol. The van der Waals surface area contributed by atoms with Crippen LogP contribution in [0.4, 0.5) is 0 Å². The van der Waals surface area contributed by atoms with Gasteiger partial charge >= 0.3 is 0 Å². The summed E-state index contributed by atoms with van der Waals surface area (Å²) in [7, 11) is 0. The van der Waals surface area contributed by atoms with Crippen molar-refractivity contribution in [2.45, 2.75) is 19.4 Å². The minimum absolute atomic E-state index is 0.638. The molecule has 2 heterocycles. The van der Waals surface area contributed by atoms with E-state index in [1.54, 1.807) is 6.33 Å². The summed E-state index contributed by atoms with van der Waals surface area (Å²) < 4.78 is 5.85. The van der Waals surface area contributed by atoms with E-state index in [1.807, 2.05) is 30.5 Å². The van der Waals surface area contributed by atoms with Crippen LogP contribution in [0.3, 0.4) is 0 Å². The number of aromatic nitrogens is 2. The largest absolute Gasteiger partial charge is 0.493 e. The predicted molar refractivity (Wildman–Crippen MR) is 83.5 cm³/mol. The van der Waals surface area contributed by atoms with Gasteiger partial charge in [0.25, 0.3) is 0 Å². The van der Waals surface area contributed by atoms with Gasteiger partial charge < -0.3 is 9.72 Å². The van der Waals surface area contributed by atoms with Gasteiger partial charge in [-0.1, -0.05) is 11.6 Å². The van der Waals surface area contributed by atoms with Gasteiger partial charge in [-0.3, -0.25) is 4.90 Å². The normalized spacial score (nSPS) is 17.0. The fourth-order valence-electron chi connectivity index (χ4n) is 2.67. The molecule has 0 amide bonds. The van der Waals surface area contributed by atoms with E-state index >= 15 is 0 Å². The number of ether oxygens (including phenoxy) is 1. The van der Waals surface area contributed by atoms with E-state index in [1.165, 1.54) is 18.5 Å². The molecule has 0 bridgehead atoms. The Balaban J connectivity index is 1.40. The summed E-state index contributed by atoms with van der Waals surface area (Å²) >= 11 is 5.87. The lowest BCUT2D eigenvalue weighted by Crippen LogP contribution is -2.35. The van der Waals surface area contributed by atoms with Gasteiger partial charge in [-0.25, -0.2) is 4.98 Å². The Kier molecular flexibility index (Phi) is 4.78. The number of halogens is 1. The summed E-state index contributed by atoms with van der Waals surface area (Å²) in [6.45, 7) is 3.99. The summed E-state index contributed by atoms with van der Waals surface area (Å²) in [5.41, 5.74) is 1.19. The van der Waals surface area contributed by atoms with Crippen LogP contribution < -0.4 is 4.74 Å². The lowest BCUT2D eigenvalue weighted by atomic mass is 9.98. The number of benzene rings is 1. The van der Waals surface area contributed by atoms with E-state index in [0.717, 1.165) is 37.0 Å². The van der Waals surface area contributed by atoms with Crippen LogP contribution in [0.2, 0.25) is 5.02 Å². The molecule has 2 aromatic rings. The first kappa shape index (κ1) is 14.4. The van der Waals surface area contributed by atoms with Crippen molar-refractivity contribution in [1.82, 2.24) is 14.9 Å². The summed E-state index contributed by atoms with van der Waals surface area (Å²) in [4.78, 5) is 9.68. The number of H-pyrrole nitrogens is 1. The zero-order valence-corrected chi connectivity index (χ0v) is 12.7. The van der Waals surface area contributed by atoms with Crippen molar-refractivity contribution in [2.75, 3.05) is 19.7 Å². The number of nitrogens with zero attached hydrogens (tertiary/aromatic N) is 2. The van der Waals surface area contributed by atoms with Crippen molar-refractivity contribution in [3.05, 3.63) is 47.5 Å². The third kappa shape index (κ3) is 4.22. The molecule has 0 spiro atoms. The van der Waals surface area contributed by atoms with Crippen LogP contribution in [0.15, 0.2) is 36.8 Å². The average Bonchev–Trinajstić information content (AvgIpc) is 3.01. The van der Waals surface area contributed by atoms with E-state index in [-0.39, 0.29) is 0 Å². The van der Waals surface area contributed by atoms with E-state index in [9.17, 15) is 0 Å². The standard InChI is InChI=1S/C16H20ClN3O/c17-14-1-3-16(4-2-14)21-11-13-5-7-20(8-6-13)10-15-9-18-12-19-15/h1-4,9,12-13H,5-8,10-11H2,(H,18,19). The third-order valence-electron chi connectivity index (χ3n) is 3.96. The first-order chi connectivity index (χ1) is 10.3. The molecule has 1 aromatic heterocycles. The molecule has 1 fully saturated rings. The van der Waals surface area contributed by atoms with Crippen molar-refractivity contribution in [1.29, 1.82) is 0 Å². The highest BCUT2D eigenvalue weighted by molar-refractivity contribution is 6.30. The molecule has 1 saturated heterocycles. The van der Waals surface area contributed by atoms with E-state index in [2.05, 4.69) is 14.9 Å². The maximum Gasteiger partial charge on any atom is 0.119 e. The fraction of sp³-hybridized carbons (Fsp3) is 0.438. The molecule has 5 heteroatoms. The molecule has 1 aliphatic rings. The Morgan fingerprint density at radius 3 is 2.67 bits per heavy atom. The van der Waals surface area contributed by atoms with Gasteiger partial charge in [-0.05, 0) is 56.1 Å². The Morgan fingerprint density at radius 1 is 1.24 bits per heavy atom. The number of nitrogens with one attached hydrogen (secondary N) is 1. The van der Waals surface area contributed by atoms with E-state index < -0.39 is 0 Å². The summed E-state index contributed by atoms with van der Waals surface area (Å²) in [6, 6.07) is 7.58. The van der Waals surface area contributed by atoms with Crippen LogP contribution in [0, 0.1) is 5.92 Å². The second-order valence-corrected chi connectivity index (χ2v) is 6.00. The number of piperidine rings is 1. The molecule has 1 aliphatic heterocycles. The number of hydrogen-bond acceptors (Lipinski definition) is 3. The molecule has 1 aromatic carbocycles. The Morgan fingerprint density at radius 2 is 2.00 bits per heavy atom. The molecule has 112 valence electrons. The second kappa shape index (κ2) is 6.96. The zero-order chi connectivity index (χ0) is 14.5. The summed E-state index contributed by atoms with van der Waals surface area (Å²) in [5.74, 6) is 1.54. The molecule has 1 N–H and O–H groups in total. The predicted octanol–water partition coefficient (Wildman–Crippen LogP) is 3.35. The van der Waals surface area contributed by atoms with Gasteiger partial charge in [0.15, 0.2) is 0 Å². The SMILES string of the molecule is Clc1ccc(OCC2CCN(Cc3cnc[nH]3)CC2)cc1. The first-order valence-electron chi connectivity index (χ1n) is 7.37. The molecule has 0 atom stereocenters. The van der Waals surface area contributed by atoms with Crippen molar-refractivity contribution in [3.8, 4) is 5.75 Å². The molecular formula is C16H20ClN3O. The molecular weight excluding hydrogens is 286 g/mol. The highest BCUT2D eigenvalue weighted by Crippen LogP contribution is 2.21. The van der Waals surface area contributed by atoms with Gasteiger partial charge in [0.05, 0.1) is 12.9 Å². The molecule has 0 aliphatic carbocycles. The maximum absolute atomic E-state index is 5.87. The van der Waals surface area contributed by atoms with Gasteiger partial charge in [-0.15, -0.1) is 0 Å². The van der Waals surface area contributed by atoms with Crippen molar-refractivity contribution in [2.24, 2.45) is 5.92 Å². The van der Waals surface area contributed by atoms with Crippen LogP contribution in [0.1, 0.15) is 18.5 Å². The number of imidazole rings is 1. The minimum Gasteiger partial charge on any atom is -0.493 e. The van der Waals surface area contributed by atoms with Crippen LogP contribution >= 0.6 is 11.6 Å². The van der Waals surface area contributed by atoms with Crippen molar-refractivity contribution < 1.29 is 4.74 Å². The third-order valence-corrected chi connectivity index (χ3v) is 4.21. The van der Waals surface area contributed by atoms with Gasteiger partial charge in [0.1, 0.15) is 5.75 Å². The number of likely N-dealkylation sites (tertiary alicyclic amines) is 1. The molecule has 0 unspecified atom stereocenters. The molecule has 0 radical (unpaired) electrons. The van der Waals surface area contributed by atoms with Crippen LogP contribution in [-0.4, -0.2) is 34.6 Å². The second-order valence-electron chi connectivity index (χ2n) is 5.56. The number of hydrogen-bond donors (Lipinski definition) is 1. The van der Waals surface area contributed by atoms with Crippen LogP contribution in [-0.2, 0) is 6.54 Å². The van der Waals surface area contributed by atoms with E-state index in [4.69, 9.17) is 16.3 Å². The zero-order valence-electron chi connectivity index (χ0n) is 12.0. The topological polar surface area (TPSA) is 41.1 Å². The Bertz CT molecular complexity index is 533. The van der Waals surface area contributed by atoms with Gasteiger partial charge in [0.2, 0.25) is 0 Å². The van der Waals surface area contributed by atoms with Gasteiger partial charge in [0, 0.05) is 23.5 Å². The highest BCUT2D eigenvalue weighted by atomic mass is 35.5. The summed E-state index contributed by atoms with van der Waals surface area (Å²) in [5, 5.41) is 0.745. The molecule has 3 rings (SSSR count). The molecule has 21 heavy (non-hydrogen) atoms.